The minimum Gasteiger partial charge on any atom is -0.367 e. The van der Waals surface area contributed by atoms with Gasteiger partial charge in [-0.3, -0.25) is 14.4 Å². The standard InChI is InChI=1S/C24H21ClN2O3/c25-20-21(23(29)18-7-3-2-6-17(18)22(20)28)26-12-9-16(10-13-26)24(30)27-14-11-15-5-1-4-8-19(15)27/h1-8,16H,9-14H2. The minimum atomic E-state index is -0.311. The number of fused-ring (bicyclic) bond motifs is 2. The van der Waals surface area contributed by atoms with Crippen LogP contribution < -0.4 is 4.90 Å². The number of carbonyl (C=O) groups is 3. The van der Waals surface area contributed by atoms with Crippen molar-refractivity contribution in [3.63, 3.8) is 0 Å². The number of amides is 1. The molecule has 0 bridgehead atoms. The Morgan fingerprint density at radius 2 is 1.50 bits per heavy atom. The van der Waals surface area contributed by atoms with Gasteiger partial charge in [0.1, 0.15) is 10.7 Å². The summed E-state index contributed by atoms with van der Waals surface area (Å²) >= 11 is 6.34. The summed E-state index contributed by atoms with van der Waals surface area (Å²) in [6.07, 6.45) is 2.15. The maximum atomic E-state index is 13.1. The van der Waals surface area contributed by atoms with Gasteiger partial charge in [-0.05, 0) is 30.9 Å². The predicted octanol–water partition coefficient (Wildman–Crippen LogP) is 3.82. The second kappa shape index (κ2) is 7.40. The summed E-state index contributed by atoms with van der Waals surface area (Å²) in [7, 11) is 0. The lowest BCUT2D eigenvalue weighted by atomic mass is 9.89. The number of Topliss-reactive ketones (excluding diaryl/α,β-unsaturated/α-hetero) is 2. The van der Waals surface area contributed by atoms with Crippen LogP contribution in [0.5, 0.6) is 0 Å². The van der Waals surface area contributed by atoms with Gasteiger partial charge in [0, 0.05) is 42.4 Å². The molecule has 30 heavy (non-hydrogen) atoms. The SMILES string of the molecule is O=C1C(Cl)=C(N2CCC(C(=O)N3CCc4ccccc43)CC2)C(=O)c2ccccc21. The van der Waals surface area contributed by atoms with Crippen LogP contribution >= 0.6 is 11.6 Å². The average molecular weight is 421 g/mol. The molecule has 1 aliphatic carbocycles. The highest BCUT2D eigenvalue weighted by molar-refractivity contribution is 6.49. The van der Waals surface area contributed by atoms with Crippen LogP contribution in [0, 0.1) is 5.92 Å². The van der Waals surface area contributed by atoms with E-state index in [1.165, 1.54) is 5.56 Å². The summed E-state index contributed by atoms with van der Waals surface area (Å²) in [5.74, 6) is -0.466. The van der Waals surface area contributed by atoms with Crippen molar-refractivity contribution in [2.45, 2.75) is 19.3 Å². The van der Waals surface area contributed by atoms with Crippen LogP contribution in [0.1, 0.15) is 39.1 Å². The Balaban J connectivity index is 1.32. The van der Waals surface area contributed by atoms with Crippen LogP contribution in [-0.4, -0.2) is 42.0 Å². The van der Waals surface area contributed by atoms with Gasteiger partial charge >= 0.3 is 0 Å². The fourth-order valence-electron chi connectivity index (χ4n) is 4.75. The number of nitrogens with zero attached hydrogens (tertiary/aromatic N) is 2. The van der Waals surface area contributed by atoms with Crippen molar-refractivity contribution in [3.8, 4) is 0 Å². The highest BCUT2D eigenvalue weighted by Crippen LogP contribution is 2.35. The lowest BCUT2D eigenvalue weighted by Gasteiger charge is -2.36. The number of halogens is 1. The number of hydrogen-bond acceptors (Lipinski definition) is 4. The summed E-state index contributed by atoms with van der Waals surface area (Å²) in [5, 5.41) is -0.0167. The first kappa shape index (κ1) is 19.1. The molecule has 1 fully saturated rings. The van der Waals surface area contributed by atoms with Gasteiger partial charge in [0.25, 0.3) is 0 Å². The van der Waals surface area contributed by atoms with Gasteiger partial charge in [-0.15, -0.1) is 0 Å². The zero-order valence-corrected chi connectivity index (χ0v) is 17.2. The molecule has 152 valence electrons. The van der Waals surface area contributed by atoms with Gasteiger partial charge in [0.2, 0.25) is 17.5 Å². The molecular weight excluding hydrogens is 400 g/mol. The van der Waals surface area contributed by atoms with Gasteiger partial charge in [0.05, 0.1) is 0 Å². The minimum absolute atomic E-state index is 0.0167. The number of para-hydroxylation sites is 1. The summed E-state index contributed by atoms with van der Waals surface area (Å²) in [6.45, 7) is 1.77. The molecule has 0 spiro atoms. The topological polar surface area (TPSA) is 57.7 Å². The molecule has 5 rings (SSSR count). The molecule has 0 unspecified atom stereocenters. The molecule has 0 radical (unpaired) electrons. The van der Waals surface area contributed by atoms with Crippen molar-refractivity contribution in [1.82, 2.24) is 4.90 Å². The Kier molecular flexibility index (Phi) is 4.70. The van der Waals surface area contributed by atoms with E-state index in [4.69, 9.17) is 11.6 Å². The zero-order chi connectivity index (χ0) is 20.8. The number of anilines is 1. The molecule has 2 aliphatic heterocycles. The molecule has 3 aliphatic rings. The van der Waals surface area contributed by atoms with Gasteiger partial charge < -0.3 is 9.80 Å². The number of carbonyl (C=O) groups excluding carboxylic acids is 3. The predicted molar refractivity (Wildman–Crippen MR) is 115 cm³/mol. The lowest BCUT2D eigenvalue weighted by molar-refractivity contribution is -0.123. The number of benzene rings is 2. The largest absolute Gasteiger partial charge is 0.367 e. The van der Waals surface area contributed by atoms with E-state index in [0.29, 0.717) is 37.1 Å². The van der Waals surface area contributed by atoms with Gasteiger partial charge in [-0.2, -0.15) is 0 Å². The molecule has 0 N–H and O–H groups in total. The molecule has 1 amide bonds. The van der Waals surface area contributed by atoms with Crippen LogP contribution in [0.4, 0.5) is 5.69 Å². The molecule has 0 saturated carbocycles. The maximum absolute atomic E-state index is 13.1. The van der Waals surface area contributed by atoms with Crippen LogP contribution in [-0.2, 0) is 11.2 Å². The monoisotopic (exact) mass is 420 g/mol. The van der Waals surface area contributed by atoms with E-state index in [9.17, 15) is 14.4 Å². The first-order valence-electron chi connectivity index (χ1n) is 10.3. The third kappa shape index (κ3) is 2.96. The molecule has 2 aromatic rings. The van der Waals surface area contributed by atoms with Crippen molar-refractivity contribution in [1.29, 1.82) is 0 Å². The molecular formula is C24H21ClN2O3. The highest BCUT2D eigenvalue weighted by atomic mass is 35.5. The molecule has 6 heteroatoms. The Morgan fingerprint density at radius 3 is 2.23 bits per heavy atom. The first-order valence-corrected chi connectivity index (χ1v) is 10.7. The molecule has 0 aromatic heterocycles. The van der Waals surface area contributed by atoms with Crippen LogP contribution in [0.25, 0.3) is 0 Å². The van der Waals surface area contributed by atoms with Crippen LogP contribution in [0.2, 0.25) is 0 Å². The Bertz CT molecular complexity index is 1100. The Morgan fingerprint density at radius 1 is 0.867 bits per heavy atom. The van der Waals surface area contributed by atoms with E-state index >= 15 is 0 Å². The van der Waals surface area contributed by atoms with Gasteiger partial charge in [-0.25, -0.2) is 0 Å². The van der Waals surface area contributed by atoms with E-state index in [0.717, 1.165) is 18.7 Å². The lowest BCUT2D eigenvalue weighted by Crippen LogP contribution is -2.43. The molecule has 0 atom stereocenters. The smallest absolute Gasteiger partial charge is 0.230 e. The summed E-state index contributed by atoms with van der Waals surface area (Å²) < 4.78 is 0. The third-order valence-corrected chi connectivity index (χ3v) is 6.70. The Labute approximate surface area is 179 Å². The quantitative estimate of drug-likeness (QED) is 0.741. The summed E-state index contributed by atoms with van der Waals surface area (Å²) in [6, 6.07) is 14.8. The zero-order valence-electron chi connectivity index (χ0n) is 16.4. The summed E-state index contributed by atoms with van der Waals surface area (Å²) in [4.78, 5) is 42.6. The van der Waals surface area contributed by atoms with Gasteiger partial charge in [-0.1, -0.05) is 54.1 Å². The van der Waals surface area contributed by atoms with Crippen LogP contribution in [0.15, 0.2) is 59.3 Å². The molecule has 1 saturated heterocycles. The van der Waals surface area contributed by atoms with Gasteiger partial charge in [0.15, 0.2) is 0 Å². The number of rotatable bonds is 2. The summed E-state index contributed by atoms with van der Waals surface area (Å²) in [5.41, 5.74) is 3.26. The van der Waals surface area contributed by atoms with E-state index in [1.54, 1.807) is 24.3 Å². The molecule has 2 heterocycles. The Hall–Kier alpha value is -2.92. The third-order valence-electron chi connectivity index (χ3n) is 6.35. The maximum Gasteiger partial charge on any atom is 0.230 e. The first-order chi connectivity index (χ1) is 14.6. The van der Waals surface area contributed by atoms with E-state index in [1.807, 2.05) is 28.0 Å². The van der Waals surface area contributed by atoms with Crippen LogP contribution in [0.3, 0.4) is 0 Å². The van der Waals surface area contributed by atoms with E-state index < -0.39 is 0 Å². The fraction of sp³-hybridized carbons (Fsp3) is 0.292. The average Bonchev–Trinajstić information content (AvgIpc) is 3.22. The van der Waals surface area contributed by atoms with Crippen molar-refractivity contribution < 1.29 is 14.4 Å². The number of likely N-dealkylation sites (tertiary alicyclic amines) is 1. The van der Waals surface area contributed by atoms with Crippen molar-refractivity contribution in [3.05, 3.63) is 76.0 Å². The number of hydrogen-bond donors (Lipinski definition) is 0. The normalized spacial score (nSPS) is 19.2. The fourth-order valence-corrected chi connectivity index (χ4v) is 5.06. The van der Waals surface area contributed by atoms with Crippen molar-refractivity contribution in [2.75, 3.05) is 24.5 Å². The number of piperidine rings is 1. The van der Waals surface area contributed by atoms with Crippen molar-refractivity contribution in [2.24, 2.45) is 5.92 Å². The van der Waals surface area contributed by atoms with E-state index in [2.05, 4.69) is 6.07 Å². The number of allylic oxidation sites excluding steroid dienone is 2. The van der Waals surface area contributed by atoms with E-state index in [-0.39, 0.29) is 34.1 Å². The van der Waals surface area contributed by atoms with Crippen molar-refractivity contribution >= 4 is 34.8 Å². The number of ketones is 2. The molecule has 5 nitrogen and oxygen atoms in total. The second-order valence-electron chi connectivity index (χ2n) is 8.00. The second-order valence-corrected chi connectivity index (χ2v) is 8.37. The highest BCUT2D eigenvalue weighted by Gasteiger charge is 2.38. The molecule has 2 aromatic carbocycles.